The number of ether oxygens (including phenoxy) is 1. The first-order chi connectivity index (χ1) is 9.88. The number of methoxy groups -OCH3 is 1. The molecule has 0 heterocycles. The largest absolute Gasteiger partial charge is 0.383 e. The van der Waals surface area contributed by atoms with E-state index in [2.05, 4.69) is 15.9 Å². The molecule has 116 valence electrons. The van der Waals surface area contributed by atoms with E-state index in [9.17, 15) is 9.59 Å². The van der Waals surface area contributed by atoms with E-state index < -0.39 is 0 Å². The van der Waals surface area contributed by atoms with Crippen molar-refractivity contribution in [2.45, 2.75) is 6.92 Å². The minimum Gasteiger partial charge on any atom is -0.383 e. The van der Waals surface area contributed by atoms with Crippen molar-refractivity contribution in [3.63, 3.8) is 0 Å². The smallest absolute Gasteiger partial charge is 0.255 e. The molecule has 21 heavy (non-hydrogen) atoms. The Kier molecular flexibility index (Phi) is 6.84. The summed E-state index contributed by atoms with van der Waals surface area (Å²) in [6.45, 7) is 2.71. The first-order valence-electron chi connectivity index (χ1n) is 6.62. The van der Waals surface area contributed by atoms with Gasteiger partial charge in [0.25, 0.3) is 5.91 Å². The third-order valence-corrected chi connectivity index (χ3v) is 4.15. The monoisotopic (exact) mass is 356 g/mol. The first kappa shape index (κ1) is 17.7. The van der Waals surface area contributed by atoms with Gasteiger partial charge in [0.1, 0.15) is 6.54 Å². The maximum Gasteiger partial charge on any atom is 0.255 e. The molecule has 0 saturated carbocycles. The fraction of sp³-hybridized carbons (Fsp3) is 0.467. The lowest BCUT2D eigenvalue weighted by molar-refractivity contribution is -0.129. The molecule has 0 spiro atoms. The summed E-state index contributed by atoms with van der Waals surface area (Å²) in [4.78, 5) is 27.5. The van der Waals surface area contributed by atoms with Gasteiger partial charge in [-0.15, -0.1) is 0 Å². The third kappa shape index (κ3) is 4.82. The minimum atomic E-state index is -0.183. The highest BCUT2D eigenvalue weighted by Gasteiger charge is 2.21. The highest BCUT2D eigenvalue weighted by molar-refractivity contribution is 9.10. The topological polar surface area (TPSA) is 49.9 Å². The van der Waals surface area contributed by atoms with Gasteiger partial charge < -0.3 is 14.5 Å². The van der Waals surface area contributed by atoms with E-state index in [0.717, 1.165) is 10.0 Å². The van der Waals surface area contributed by atoms with Crippen molar-refractivity contribution in [1.82, 2.24) is 9.80 Å². The SMILES string of the molecule is COCCN(CC(=O)N(C)C)C(=O)c1cccc(C)c1Br. The van der Waals surface area contributed by atoms with Crippen molar-refractivity contribution in [1.29, 1.82) is 0 Å². The van der Waals surface area contributed by atoms with Gasteiger partial charge in [0.05, 0.1) is 12.2 Å². The van der Waals surface area contributed by atoms with Crippen molar-refractivity contribution in [2.24, 2.45) is 0 Å². The summed E-state index contributed by atoms with van der Waals surface area (Å²) in [5.74, 6) is -0.305. The van der Waals surface area contributed by atoms with E-state index in [1.807, 2.05) is 19.1 Å². The van der Waals surface area contributed by atoms with Crippen LogP contribution in [0.2, 0.25) is 0 Å². The van der Waals surface area contributed by atoms with Crippen molar-refractivity contribution in [3.05, 3.63) is 33.8 Å². The summed E-state index contributed by atoms with van der Waals surface area (Å²) >= 11 is 3.44. The molecular weight excluding hydrogens is 336 g/mol. The van der Waals surface area contributed by atoms with E-state index in [-0.39, 0.29) is 18.4 Å². The number of rotatable bonds is 6. The Morgan fingerprint density at radius 3 is 2.52 bits per heavy atom. The Balaban J connectivity index is 2.98. The number of carbonyl (C=O) groups excluding carboxylic acids is 2. The Labute approximate surface area is 134 Å². The van der Waals surface area contributed by atoms with Gasteiger partial charge >= 0.3 is 0 Å². The molecule has 0 aromatic heterocycles. The molecule has 0 unspecified atom stereocenters. The van der Waals surface area contributed by atoms with Crippen LogP contribution < -0.4 is 0 Å². The minimum absolute atomic E-state index is 0.0373. The average molecular weight is 357 g/mol. The van der Waals surface area contributed by atoms with Crippen molar-refractivity contribution in [3.8, 4) is 0 Å². The molecule has 0 bridgehead atoms. The first-order valence-corrected chi connectivity index (χ1v) is 7.41. The standard InChI is InChI=1S/C15H21BrN2O3/c1-11-6-5-7-12(14(11)16)15(20)18(8-9-21-4)10-13(19)17(2)3/h5-7H,8-10H2,1-4H3. The summed E-state index contributed by atoms with van der Waals surface area (Å²) in [5.41, 5.74) is 1.53. The maximum atomic E-state index is 12.7. The molecule has 1 aromatic carbocycles. The lowest BCUT2D eigenvalue weighted by Crippen LogP contribution is -2.42. The summed E-state index contributed by atoms with van der Waals surface area (Å²) in [7, 11) is 4.91. The Morgan fingerprint density at radius 2 is 1.95 bits per heavy atom. The van der Waals surface area contributed by atoms with Gasteiger partial charge in [-0.05, 0) is 34.5 Å². The molecule has 1 rings (SSSR count). The van der Waals surface area contributed by atoms with E-state index in [1.165, 1.54) is 9.80 Å². The molecule has 5 nitrogen and oxygen atoms in total. The van der Waals surface area contributed by atoms with Gasteiger partial charge in [-0.3, -0.25) is 9.59 Å². The van der Waals surface area contributed by atoms with E-state index in [0.29, 0.717) is 18.7 Å². The number of likely N-dealkylation sites (N-methyl/N-ethyl adjacent to an activating group) is 1. The quantitative estimate of drug-likeness (QED) is 0.782. The predicted octanol–water partition coefficient (Wildman–Crippen LogP) is 1.93. The average Bonchev–Trinajstić information content (AvgIpc) is 2.45. The van der Waals surface area contributed by atoms with Gasteiger partial charge in [-0.25, -0.2) is 0 Å². The van der Waals surface area contributed by atoms with Gasteiger partial charge in [-0.2, -0.15) is 0 Å². The fourth-order valence-electron chi connectivity index (χ4n) is 1.74. The molecule has 2 amide bonds. The normalized spacial score (nSPS) is 10.3. The molecule has 1 aromatic rings. The van der Waals surface area contributed by atoms with Crippen LogP contribution in [-0.2, 0) is 9.53 Å². The fourth-order valence-corrected chi connectivity index (χ4v) is 2.18. The number of nitrogens with zero attached hydrogens (tertiary/aromatic N) is 2. The van der Waals surface area contributed by atoms with Crippen molar-refractivity contribution < 1.29 is 14.3 Å². The molecule has 0 atom stereocenters. The second-order valence-electron chi connectivity index (χ2n) is 4.94. The number of carbonyl (C=O) groups is 2. The summed E-state index contributed by atoms with van der Waals surface area (Å²) in [6, 6.07) is 5.50. The molecule has 0 aliphatic heterocycles. The van der Waals surface area contributed by atoms with E-state index in [4.69, 9.17) is 4.74 Å². The number of hydrogen-bond donors (Lipinski definition) is 0. The Bertz CT molecular complexity index is 518. The molecule has 0 aliphatic carbocycles. The zero-order valence-electron chi connectivity index (χ0n) is 12.9. The second kappa shape index (κ2) is 8.14. The van der Waals surface area contributed by atoms with Crippen LogP contribution in [0.1, 0.15) is 15.9 Å². The van der Waals surface area contributed by atoms with Crippen LogP contribution in [0, 0.1) is 6.92 Å². The maximum absolute atomic E-state index is 12.7. The van der Waals surface area contributed by atoms with Crippen LogP contribution in [0.15, 0.2) is 22.7 Å². The lowest BCUT2D eigenvalue weighted by Gasteiger charge is -2.24. The number of amides is 2. The molecule has 6 heteroatoms. The van der Waals surface area contributed by atoms with Crippen LogP contribution in [0.3, 0.4) is 0 Å². The van der Waals surface area contributed by atoms with Crippen LogP contribution in [-0.4, -0.2) is 62.5 Å². The summed E-state index contributed by atoms with van der Waals surface area (Å²) < 4.78 is 5.78. The highest BCUT2D eigenvalue weighted by Crippen LogP contribution is 2.22. The van der Waals surface area contributed by atoms with Crippen LogP contribution in [0.5, 0.6) is 0 Å². The van der Waals surface area contributed by atoms with Crippen molar-refractivity contribution >= 4 is 27.7 Å². The van der Waals surface area contributed by atoms with Crippen LogP contribution >= 0.6 is 15.9 Å². The van der Waals surface area contributed by atoms with Gasteiger partial charge in [0, 0.05) is 32.2 Å². The summed E-state index contributed by atoms with van der Waals surface area (Å²) in [5, 5.41) is 0. The lowest BCUT2D eigenvalue weighted by atomic mass is 10.1. The molecule has 0 N–H and O–H groups in total. The molecule has 0 saturated heterocycles. The zero-order chi connectivity index (χ0) is 16.0. The van der Waals surface area contributed by atoms with Gasteiger partial charge in [0.2, 0.25) is 5.91 Å². The van der Waals surface area contributed by atoms with Crippen LogP contribution in [0.4, 0.5) is 0 Å². The van der Waals surface area contributed by atoms with Gasteiger partial charge in [-0.1, -0.05) is 12.1 Å². The number of benzene rings is 1. The second-order valence-corrected chi connectivity index (χ2v) is 5.74. The van der Waals surface area contributed by atoms with Crippen molar-refractivity contribution in [2.75, 3.05) is 40.9 Å². The van der Waals surface area contributed by atoms with Crippen LogP contribution in [0.25, 0.3) is 0 Å². The zero-order valence-corrected chi connectivity index (χ0v) is 14.4. The molecule has 0 radical (unpaired) electrons. The Morgan fingerprint density at radius 1 is 1.29 bits per heavy atom. The van der Waals surface area contributed by atoms with E-state index in [1.54, 1.807) is 27.3 Å². The number of hydrogen-bond acceptors (Lipinski definition) is 3. The summed E-state index contributed by atoms with van der Waals surface area (Å²) in [6.07, 6.45) is 0. The molecule has 0 aliphatic rings. The van der Waals surface area contributed by atoms with Gasteiger partial charge in [0.15, 0.2) is 0 Å². The predicted molar refractivity (Wildman–Crippen MR) is 85.4 cm³/mol. The highest BCUT2D eigenvalue weighted by atomic mass is 79.9. The van der Waals surface area contributed by atoms with E-state index >= 15 is 0 Å². The number of halogens is 1. The Hall–Kier alpha value is -1.40. The number of aryl methyl sites for hydroxylation is 1. The molecule has 0 fully saturated rings. The molecular formula is C15H21BrN2O3. The third-order valence-electron chi connectivity index (χ3n) is 3.10.